The first-order valence-corrected chi connectivity index (χ1v) is 20.6. The van der Waals surface area contributed by atoms with E-state index in [9.17, 15) is 41.2 Å². The molecule has 5 amide bonds. The van der Waals surface area contributed by atoms with Crippen molar-refractivity contribution in [2.45, 2.75) is 131 Å². The number of rotatable bonds is 12. The van der Waals surface area contributed by atoms with Crippen molar-refractivity contribution in [1.29, 1.82) is 0 Å². The summed E-state index contributed by atoms with van der Waals surface area (Å²) in [6, 6.07) is 1.98. The highest BCUT2D eigenvalue weighted by Gasteiger charge is 2.61. The fourth-order valence-corrected chi connectivity index (χ4v) is 8.45. The molecule has 53 heavy (non-hydrogen) atoms. The van der Waals surface area contributed by atoms with Crippen LogP contribution in [0.3, 0.4) is 0 Å². The SMILES string of the molecule is CCCC[C@H](NC(=O)OC(C)(C)C)C(=O)N1C[C@H](OC(=O)N2CCc3cc(C(F)(F)I)ccc3C2)C[C@H]1C(=O)N[C@]1(C(=O)NS(=O)(=O)C2CC2)C[C@H]1C. The zero-order valence-electron chi connectivity index (χ0n) is 30.5. The number of amides is 5. The standard InChI is InChI=1S/C35H48F2IN5O9S/c1-6-7-8-26(39-31(47)52-33(3,4)5)29(45)43-19-24(51-32(48)42-14-13-21-15-23(35(36,37)38)10-9-22(21)18-42)16-27(43)28(44)40-34(17-20(34)2)30(46)41-53(49,50)25-11-12-25/h9-10,15,20,24-27H,6-8,11-14,16-19H2,1-5H3,(H,39,47)(H,40,44)(H,41,46)/t20-,24-,26+,27+,34-/m1/s1. The molecule has 294 valence electrons. The Balaban J connectivity index is 1.34. The van der Waals surface area contributed by atoms with Gasteiger partial charge in [0.2, 0.25) is 21.8 Å². The van der Waals surface area contributed by atoms with Crippen LogP contribution in [0.5, 0.6) is 0 Å². The molecule has 2 saturated carbocycles. The van der Waals surface area contributed by atoms with Crippen molar-refractivity contribution in [3.05, 3.63) is 34.9 Å². The molecule has 0 spiro atoms. The molecular weight excluding hydrogens is 831 g/mol. The molecule has 4 aliphatic rings. The van der Waals surface area contributed by atoms with Gasteiger partial charge in [-0.2, -0.15) is 8.78 Å². The second-order valence-electron chi connectivity index (χ2n) is 15.5. The first kappa shape index (κ1) is 40.9. The molecule has 0 radical (unpaired) electrons. The van der Waals surface area contributed by atoms with E-state index in [1.165, 1.54) is 21.9 Å². The predicted octanol–water partition coefficient (Wildman–Crippen LogP) is 4.22. The molecule has 0 unspecified atom stereocenters. The molecular formula is C35H48F2IN5O9S. The Bertz CT molecular complexity index is 1730. The molecule has 18 heteroatoms. The number of nitrogens with zero attached hydrogens (tertiary/aromatic N) is 2. The van der Waals surface area contributed by atoms with Crippen molar-refractivity contribution in [2.75, 3.05) is 13.1 Å². The van der Waals surface area contributed by atoms with Gasteiger partial charge in [-0.05, 0) is 76.0 Å². The van der Waals surface area contributed by atoms with Crippen LogP contribution in [0.2, 0.25) is 0 Å². The van der Waals surface area contributed by atoms with Crippen molar-refractivity contribution >= 4 is 62.5 Å². The zero-order valence-corrected chi connectivity index (χ0v) is 33.5. The lowest BCUT2D eigenvalue weighted by Crippen LogP contribution is -2.58. The molecule has 1 saturated heterocycles. The van der Waals surface area contributed by atoms with Crippen LogP contribution >= 0.6 is 22.6 Å². The summed E-state index contributed by atoms with van der Waals surface area (Å²) in [5.74, 6) is -2.60. The van der Waals surface area contributed by atoms with Gasteiger partial charge in [-0.15, -0.1) is 0 Å². The summed E-state index contributed by atoms with van der Waals surface area (Å²) >= 11 is 1.07. The van der Waals surface area contributed by atoms with Gasteiger partial charge in [0.25, 0.3) is 5.91 Å². The Morgan fingerprint density at radius 1 is 1.11 bits per heavy atom. The minimum atomic E-state index is -3.90. The highest BCUT2D eigenvalue weighted by Crippen LogP contribution is 2.44. The number of benzene rings is 1. The van der Waals surface area contributed by atoms with E-state index >= 15 is 0 Å². The van der Waals surface area contributed by atoms with E-state index in [2.05, 4.69) is 15.4 Å². The van der Waals surface area contributed by atoms with Crippen molar-refractivity contribution < 1.29 is 50.6 Å². The number of hydrogen-bond acceptors (Lipinski definition) is 9. The Morgan fingerprint density at radius 3 is 2.38 bits per heavy atom. The second-order valence-corrected chi connectivity index (χ2v) is 18.8. The van der Waals surface area contributed by atoms with Gasteiger partial charge < -0.3 is 29.9 Å². The van der Waals surface area contributed by atoms with E-state index in [-0.39, 0.29) is 44.5 Å². The number of alkyl carbamates (subject to hydrolysis) is 1. The zero-order chi connectivity index (χ0) is 39.1. The maximum atomic E-state index is 14.2. The summed E-state index contributed by atoms with van der Waals surface area (Å²) in [6.45, 7) is 8.75. The first-order chi connectivity index (χ1) is 24.6. The van der Waals surface area contributed by atoms with Crippen molar-refractivity contribution in [3.8, 4) is 0 Å². The smallest absolute Gasteiger partial charge is 0.410 e. The Morgan fingerprint density at radius 2 is 1.79 bits per heavy atom. The Hall–Kier alpha value is -3.29. The van der Waals surface area contributed by atoms with Gasteiger partial charge in [-0.3, -0.25) is 19.1 Å². The molecule has 5 rings (SSSR count). The maximum Gasteiger partial charge on any atom is 0.410 e. The third-order valence-electron chi connectivity index (χ3n) is 10.0. The predicted molar refractivity (Wildman–Crippen MR) is 196 cm³/mol. The van der Waals surface area contributed by atoms with Crippen LogP contribution in [0.1, 0.15) is 96.3 Å². The van der Waals surface area contributed by atoms with Crippen LogP contribution in [-0.4, -0.2) is 95.8 Å². The van der Waals surface area contributed by atoms with Gasteiger partial charge in [0, 0.05) is 47.7 Å². The summed E-state index contributed by atoms with van der Waals surface area (Å²) in [7, 11) is -3.90. The van der Waals surface area contributed by atoms with Crippen LogP contribution in [0, 0.1) is 5.92 Å². The van der Waals surface area contributed by atoms with Crippen LogP contribution in [0.15, 0.2) is 18.2 Å². The van der Waals surface area contributed by atoms with E-state index in [4.69, 9.17) is 9.47 Å². The monoisotopic (exact) mass is 879 g/mol. The average Bonchev–Trinajstić information content (AvgIpc) is 3.98. The third kappa shape index (κ3) is 9.88. The molecule has 2 heterocycles. The van der Waals surface area contributed by atoms with Gasteiger partial charge in [0.05, 0.1) is 11.8 Å². The molecule has 2 aliphatic carbocycles. The van der Waals surface area contributed by atoms with Gasteiger partial charge in [-0.25, -0.2) is 18.0 Å². The quantitative estimate of drug-likeness (QED) is 0.205. The number of fused-ring (bicyclic) bond motifs is 1. The first-order valence-electron chi connectivity index (χ1n) is 18.0. The number of nitrogens with one attached hydrogen (secondary N) is 3. The van der Waals surface area contributed by atoms with Crippen LogP contribution in [-0.2, 0) is 50.8 Å². The highest BCUT2D eigenvalue weighted by molar-refractivity contribution is 14.1. The van der Waals surface area contributed by atoms with E-state index in [0.717, 1.165) is 22.6 Å². The molecule has 14 nitrogen and oxygen atoms in total. The molecule has 2 aliphatic heterocycles. The lowest BCUT2D eigenvalue weighted by Gasteiger charge is -2.30. The van der Waals surface area contributed by atoms with Crippen molar-refractivity contribution in [3.63, 3.8) is 0 Å². The van der Waals surface area contributed by atoms with Gasteiger partial charge in [0.15, 0.2) is 0 Å². The summed E-state index contributed by atoms with van der Waals surface area (Å²) in [5, 5.41) is 4.68. The van der Waals surface area contributed by atoms with E-state index in [0.29, 0.717) is 43.2 Å². The number of carbonyl (C=O) groups is 5. The minimum absolute atomic E-state index is 0.110. The molecule has 5 atom stereocenters. The largest absolute Gasteiger partial charge is 0.444 e. The van der Waals surface area contributed by atoms with E-state index in [1.54, 1.807) is 33.8 Å². The Labute approximate surface area is 322 Å². The van der Waals surface area contributed by atoms with Gasteiger partial charge in [-0.1, -0.05) is 38.8 Å². The summed E-state index contributed by atoms with van der Waals surface area (Å²) < 4.78 is 63.3. The molecule has 3 fully saturated rings. The fraction of sp³-hybridized carbons (Fsp3) is 0.686. The third-order valence-corrected chi connectivity index (χ3v) is 12.5. The average molecular weight is 880 g/mol. The molecule has 1 aromatic carbocycles. The summed E-state index contributed by atoms with van der Waals surface area (Å²) in [5.41, 5.74) is -1.10. The highest BCUT2D eigenvalue weighted by atomic mass is 127. The van der Waals surface area contributed by atoms with Crippen molar-refractivity contribution in [1.82, 2.24) is 25.2 Å². The Kier molecular flexibility index (Phi) is 11.9. The fourth-order valence-electron chi connectivity index (χ4n) is 6.75. The topological polar surface area (TPSA) is 181 Å². The number of ether oxygens (including phenoxy) is 2. The number of carbonyl (C=O) groups excluding carboxylic acids is 5. The number of unbranched alkanes of at least 4 members (excludes halogenated alkanes) is 1. The number of hydrogen-bond donors (Lipinski definition) is 3. The van der Waals surface area contributed by atoms with E-state index in [1.807, 2.05) is 6.92 Å². The van der Waals surface area contributed by atoms with E-state index < -0.39 is 84.4 Å². The van der Waals surface area contributed by atoms with Gasteiger partial charge >= 0.3 is 16.1 Å². The molecule has 0 bridgehead atoms. The van der Waals surface area contributed by atoms with Crippen molar-refractivity contribution in [2.24, 2.45) is 5.92 Å². The number of alkyl halides is 3. The number of halogens is 3. The lowest BCUT2D eigenvalue weighted by molar-refractivity contribution is -0.141. The van der Waals surface area contributed by atoms with Crippen LogP contribution in [0.25, 0.3) is 0 Å². The number of likely N-dealkylation sites (tertiary alicyclic amines) is 1. The summed E-state index contributed by atoms with van der Waals surface area (Å²) in [4.78, 5) is 70.4. The van der Waals surface area contributed by atoms with Crippen LogP contribution in [0.4, 0.5) is 18.4 Å². The number of sulfonamides is 1. The van der Waals surface area contributed by atoms with Gasteiger partial charge in [0.1, 0.15) is 29.3 Å². The second kappa shape index (κ2) is 15.5. The molecule has 0 aromatic heterocycles. The maximum absolute atomic E-state index is 14.2. The normalized spacial score (nSPS) is 24.8. The minimum Gasteiger partial charge on any atom is -0.444 e. The van der Waals surface area contributed by atoms with Crippen LogP contribution < -0.4 is 15.4 Å². The molecule has 1 aromatic rings. The summed E-state index contributed by atoms with van der Waals surface area (Å²) in [6.07, 6.45) is 0.211. The lowest BCUT2D eigenvalue weighted by atomic mass is 9.97. The molecule has 3 N–H and O–H groups in total.